The fraction of sp³-hybridized carbons (Fsp3) is 0.316. The summed E-state index contributed by atoms with van der Waals surface area (Å²) in [4.78, 5) is 13.6. The second-order valence-electron chi connectivity index (χ2n) is 6.71. The third-order valence-corrected chi connectivity index (χ3v) is 6.25. The number of aromatic nitrogens is 3. The van der Waals surface area contributed by atoms with Crippen LogP contribution in [0.3, 0.4) is 0 Å². The van der Waals surface area contributed by atoms with Crippen LogP contribution in [0.25, 0.3) is 10.7 Å². The van der Waals surface area contributed by atoms with Crippen molar-refractivity contribution in [3.63, 3.8) is 0 Å². The van der Waals surface area contributed by atoms with E-state index in [2.05, 4.69) is 24.8 Å². The first kappa shape index (κ1) is 20.7. The maximum Gasteiger partial charge on any atom is 0.573 e. The number of alkyl halides is 3. The van der Waals surface area contributed by atoms with Crippen molar-refractivity contribution in [2.45, 2.75) is 42.6 Å². The Morgan fingerprint density at radius 1 is 1.27 bits per heavy atom. The highest BCUT2D eigenvalue weighted by Crippen LogP contribution is 2.42. The minimum absolute atomic E-state index is 0.285. The van der Waals surface area contributed by atoms with Crippen LogP contribution >= 0.6 is 23.1 Å². The predicted octanol–water partition coefficient (Wildman–Crippen LogP) is 5.36. The van der Waals surface area contributed by atoms with Gasteiger partial charge in [0.25, 0.3) is 0 Å². The van der Waals surface area contributed by atoms with E-state index in [1.807, 2.05) is 17.5 Å². The molecule has 2 aromatic heterocycles. The van der Waals surface area contributed by atoms with Gasteiger partial charge in [-0.3, -0.25) is 9.36 Å². The lowest BCUT2D eigenvalue weighted by Gasteiger charge is -2.14. The van der Waals surface area contributed by atoms with E-state index in [0.717, 1.165) is 35.7 Å². The van der Waals surface area contributed by atoms with Crippen molar-refractivity contribution in [1.29, 1.82) is 0 Å². The number of hydrogen-bond donors (Lipinski definition) is 1. The van der Waals surface area contributed by atoms with Crippen molar-refractivity contribution >= 4 is 34.7 Å². The molecule has 2 heterocycles. The molecule has 158 valence electrons. The van der Waals surface area contributed by atoms with Crippen LogP contribution in [0, 0.1) is 0 Å². The molecular weight excluding hydrogens is 437 g/mol. The van der Waals surface area contributed by atoms with Crippen LogP contribution in [0.4, 0.5) is 18.9 Å². The molecule has 1 fully saturated rings. The summed E-state index contributed by atoms with van der Waals surface area (Å²) in [5.41, 5.74) is 0.380. The second kappa shape index (κ2) is 8.31. The molecule has 1 aromatic carbocycles. The van der Waals surface area contributed by atoms with E-state index in [4.69, 9.17) is 0 Å². The van der Waals surface area contributed by atoms with Gasteiger partial charge in [-0.25, -0.2) is 0 Å². The lowest BCUT2D eigenvalue weighted by atomic mass is 10.3. The summed E-state index contributed by atoms with van der Waals surface area (Å²) >= 11 is 2.89. The maximum absolute atomic E-state index is 12.6. The summed E-state index contributed by atoms with van der Waals surface area (Å²) in [5, 5.41) is 13.5. The fourth-order valence-electron chi connectivity index (χ4n) is 2.79. The Kier molecular flexibility index (Phi) is 5.74. The number of thioether (sulfide) groups is 1. The molecule has 1 N–H and O–H groups in total. The molecule has 1 atom stereocenters. The van der Waals surface area contributed by atoms with Crippen molar-refractivity contribution < 1.29 is 22.7 Å². The highest BCUT2D eigenvalue weighted by Gasteiger charge is 2.32. The first-order valence-electron chi connectivity index (χ1n) is 9.12. The SMILES string of the molecule is CC(Sc1nnc(-c2cccs2)n1C1CC1)C(=O)Nc1ccc(OC(F)(F)F)cc1. The topological polar surface area (TPSA) is 69.0 Å². The third kappa shape index (κ3) is 4.96. The minimum Gasteiger partial charge on any atom is -0.406 e. The molecule has 0 spiro atoms. The van der Waals surface area contributed by atoms with Crippen molar-refractivity contribution in [2.75, 3.05) is 5.32 Å². The molecule has 6 nitrogen and oxygen atoms in total. The number of nitrogens with zero attached hydrogens (tertiary/aromatic N) is 3. The summed E-state index contributed by atoms with van der Waals surface area (Å²) < 4.78 is 42.6. The summed E-state index contributed by atoms with van der Waals surface area (Å²) in [7, 11) is 0. The Morgan fingerprint density at radius 2 is 2.00 bits per heavy atom. The summed E-state index contributed by atoms with van der Waals surface area (Å²) in [6.45, 7) is 1.75. The second-order valence-corrected chi connectivity index (χ2v) is 8.96. The molecule has 0 bridgehead atoms. The Hall–Kier alpha value is -2.53. The Balaban J connectivity index is 1.42. The number of halogens is 3. The minimum atomic E-state index is -4.75. The molecule has 3 aromatic rings. The van der Waals surface area contributed by atoms with Gasteiger partial charge in [-0.05, 0) is 55.5 Å². The van der Waals surface area contributed by atoms with Gasteiger partial charge in [0, 0.05) is 11.7 Å². The van der Waals surface area contributed by atoms with Gasteiger partial charge >= 0.3 is 6.36 Å². The molecule has 0 radical (unpaired) electrons. The molecule has 0 aliphatic heterocycles. The lowest BCUT2D eigenvalue weighted by Crippen LogP contribution is -2.23. The molecule has 1 aliphatic rings. The monoisotopic (exact) mass is 454 g/mol. The van der Waals surface area contributed by atoms with Gasteiger partial charge in [0.15, 0.2) is 11.0 Å². The molecule has 30 heavy (non-hydrogen) atoms. The van der Waals surface area contributed by atoms with Crippen molar-refractivity contribution in [2.24, 2.45) is 0 Å². The van der Waals surface area contributed by atoms with Crippen LogP contribution in [-0.4, -0.2) is 32.3 Å². The number of nitrogens with one attached hydrogen (secondary N) is 1. The molecule has 1 unspecified atom stereocenters. The largest absolute Gasteiger partial charge is 0.573 e. The lowest BCUT2D eigenvalue weighted by molar-refractivity contribution is -0.274. The zero-order valence-electron chi connectivity index (χ0n) is 15.7. The quantitative estimate of drug-likeness (QED) is 0.487. The Morgan fingerprint density at radius 3 is 2.60 bits per heavy atom. The molecule has 1 amide bonds. The Bertz CT molecular complexity index is 1020. The molecule has 1 aliphatic carbocycles. The number of benzene rings is 1. The van der Waals surface area contributed by atoms with E-state index in [1.165, 1.54) is 23.9 Å². The zero-order chi connectivity index (χ0) is 21.3. The van der Waals surface area contributed by atoms with E-state index >= 15 is 0 Å². The number of hydrogen-bond acceptors (Lipinski definition) is 6. The van der Waals surface area contributed by atoms with Crippen molar-refractivity contribution in [1.82, 2.24) is 14.8 Å². The van der Waals surface area contributed by atoms with Crippen LogP contribution in [0.2, 0.25) is 0 Å². The summed E-state index contributed by atoms with van der Waals surface area (Å²) in [5.74, 6) is 0.178. The van der Waals surface area contributed by atoms with Gasteiger partial charge < -0.3 is 10.1 Å². The zero-order valence-corrected chi connectivity index (χ0v) is 17.4. The van der Waals surface area contributed by atoms with E-state index in [0.29, 0.717) is 16.9 Å². The molecule has 1 saturated carbocycles. The van der Waals surface area contributed by atoms with E-state index in [9.17, 15) is 18.0 Å². The van der Waals surface area contributed by atoms with E-state index in [-0.39, 0.29) is 11.7 Å². The van der Waals surface area contributed by atoms with Crippen LogP contribution in [-0.2, 0) is 4.79 Å². The fourth-order valence-corrected chi connectivity index (χ4v) is 4.41. The number of carbonyl (C=O) groups is 1. The number of anilines is 1. The van der Waals surface area contributed by atoms with Gasteiger partial charge in [0.2, 0.25) is 5.91 Å². The Labute approximate surface area is 178 Å². The van der Waals surface area contributed by atoms with Gasteiger partial charge in [-0.1, -0.05) is 17.8 Å². The van der Waals surface area contributed by atoms with Crippen LogP contribution in [0.5, 0.6) is 5.75 Å². The first-order chi connectivity index (χ1) is 14.3. The average molecular weight is 454 g/mol. The van der Waals surface area contributed by atoms with Crippen LogP contribution < -0.4 is 10.1 Å². The standard InChI is InChI=1S/C19H17F3N4O2S2/c1-11(17(27)23-12-4-8-14(9-5-12)28-19(20,21)22)30-18-25-24-16(15-3-2-10-29-15)26(18)13-6-7-13/h2-5,8-11,13H,6-7H2,1H3,(H,23,27). The molecule has 0 saturated heterocycles. The highest BCUT2D eigenvalue weighted by atomic mass is 32.2. The van der Waals surface area contributed by atoms with Crippen LogP contribution in [0.15, 0.2) is 46.9 Å². The molecular formula is C19H17F3N4O2S2. The number of rotatable bonds is 7. The molecule has 4 rings (SSSR count). The average Bonchev–Trinajstić information content (AvgIpc) is 3.21. The summed E-state index contributed by atoms with van der Waals surface area (Å²) in [6, 6.07) is 9.31. The van der Waals surface area contributed by atoms with Crippen LogP contribution in [0.1, 0.15) is 25.8 Å². The normalized spacial score (nSPS) is 15.1. The third-order valence-electron chi connectivity index (χ3n) is 4.32. The smallest absolute Gasteiger partial charge is 0.406 e. The summed E-state index contributed by atoms with van der Waals surface area (Å²) in [6.07, 6.45) is -2.65. The van der Waals surface area contributed by atoms with Crippen molar-refractivity contribution in [3.05, 3.63) is 41.8 Å². The number of carbonyl (C=O) groups excluding carboxylic acids is 1. The molecule has 11 heteroatoms. The maximum atomic E-state index is 12.6. The first-order valence-corrected chi connectivity index (χ1v) is 10.9. The van der Waals surface area contributed by atoms with Gasteiger partial charge in [0.05, 0.1) is 10.1 Å². The van der Waals surface area contributed by atoms with Gasteiger partial charge in [-0.15, -0.1) is 34.7 Å². The highest BCUT2D eigenvalue weighted by molar-refractivity contribution is 8.00. The van der Waals surface area contributed by atoms with Gasteiger partial charge in [0.1, 0.15) is 5.75 Å². The number of thiophene rings is 1. The number of amides is 1. The number of ether oxygens (including phenoxy) is 1. The van der Waals surface area contributed by atoms with Crippen molar-refractivity contribution in [3.8, 4) is 16.5 Å². The van der Waals surface area contributed by atoms with Gasteiger partial charge in [-0.2, -0.15) is 0 Å². The van der Waals surface area contributed by atoms with E-state index in [1.54, 1.807) is 18.3 Å². The van der Waals surface area contributed by atoms with E-state index < -0.39 is 11.6 Å². The predicted molar refractivity (Wildman–Crippen MR) is 109 cm³/mol.